The second-order valence-corrected chi connectivity index (χ2v) is 9.80. The topological polar surface area (TPSA) is 98.1 Å². The van der Waals surface area contributed by atoms with Crippen molar-refractivity contribution in [2.45, 2.75) is 26.9 Å². The van der Waals surface area contributed by atoms with E-state index in [-0.39, 0.29) is 24.3 Å². The van der Waals surface area contributed by atoms with E-state index in [9.17, 15) is 14.9 Å². The number of rotatable bonds is 11. The van der Waals surface area contributed by atoms with Gasteiger partial charge in [0.1, 0.15) is 18.2 Å². The zero-order valence-corrected chi connectivity index (χ0v) is 24.7. The fourth-order valence-electron chi connectivity index (χ4n) is 4.55. The minimum Gasteiger partial charge on any atom is -0.493 e. The van der Waals surface area contributed by atoms with Crippen molar-refractivity contribution in [3.05, 3.63) is 99.1 Å². The quantitative estimate of drug-likeness (QED) is 0.196. The number of amides is 2. The van der Waals surface area contributed by atoms with Crippen LogP contribution in [0.1, 0.15) is 30.5 Å². The molecule has 0 aromatic heterocycles. The zero-order chi connectivity index (χ0) is 30.2. The summed E-state index contributed by atoms with van der Waals surface area (Å²) in [5.41, 5.74) is 2.84. The number of carbonyl (C=O) groups is 2. The lowest BCUT2D eigenvalue weighted by molar-refractivity contribution is -0.140. The maximum Gasteiger partial charge on any atom is 0.271 e. The van der Waals surface area contributed by atoms with Crippen molar-refractivity contribution < 1.29 is 28.5 Å². The molecule has 1 heterocycles. The highest BCUT2D eigenvalue weighted by Gasteiger charge is 2.35. The Balaban J connectivity index is 1.61. The Labute approximate surface area is 250 Å². The first-order valence-electron chi connectivity index (χ1n) is 13.3. The van der Waals surface area contributed by atoms with Gasteiger partial charge in [0.25, 0.3) is 11.8 Å². The molecule has 0 bridgehead atoms. The van der Waals surface area contributed by atoms with Crippen LogP contribution in [0.15, 0.2) is 77.4 Å². The van der Waals surface area contributed by atoms with Crippen LogP contribution in [0.25, 0.3) is 6.08 Å². The number of nitriles is 1. The summed E-state index contributed by atoms with van der Waals surface area (Å²) >= 11 is 6.26. The number of methoxy groups -OCH3 is 2. The molecule has 0 unspecified atom stereocenters. The molecule has 9 heteroatoms. The number of nitrogens with zero attached hydrogens (tertiary/aromatic N) is 2. The van der Waals surface area contributed by atoms with Crippen molar-refractivity contribution in [3.63, 3.8) is 0 Å². The number of benzene rings is 3. The molecule has 8 nitrogen and oxygen atoms in total. The van der Waals surface area contributed by atoms with Gasteiger partial charge in [-0.2, -0.15) is 5.26 Å². The fourth-order valence-corrected chi connectivity index (χ4v) is 4.74. The van der Waals surface area contributed by atoms with E-state index in [4.69, 9.17) is 30.5 Å². The molecule has 0 atom stereocenters. The number of ether oxygens (including phenoxy) is 4. The van der Waals surface area contributed by atoms with Crippen LogP contribution in [0.5, 0.6) is 23.0 Å². The molecule has 0 radical (unpaired) electrons. The van der Waals surface area contributed by atoms with Crippen LogP contribution in [-0.2, 0) is 22.6 Å². The van der Waals surface area contributed by atoms with Crippen LogP contribution in [-0.4, -0.2) is 44.1 Å². The Bertz CT molecular complexity index is 1600. The molecule has 0 spiro atoms. The standard InChI is InChI=1S/C33H31ClN2O6/c1-5-41-31-18-23(11-13-29(31)42-20-24-8-6-7-9-27(24)34)16-25-21(2)26(19-35)33(38)36(32(25)37)15-14-22-10-12-28(39-3)30(17-22)40-4/h6-13,16-18H,5,14-15,20H2,1-4H3/b25-16+. The van der Waals surface area contributed by atoms with E-state index >= 15 is 0 Å². The van der Waals surface area contributed by atoms with Crippen molar-refractivity contribution in [3.8, 4) is 29.1 Å². The third-order valence-electron chi connectivity index (χ3n) is 6.82. The van der Waals surface area contributed by atoms with Crippen molar-refractivity contribution >= 4 is 29.5 Å². The van der Waals surface area contributed by atoms with Crippen LogP contribution in [0.4, 0.5) is 0 Å². The van der Waals surface area contributed by atoms with Gasteiger partial charge in [0, 0.05) is 22.7 Å². The molecule has 0 N–H and O–H groups in total. The van der Waals surface area contributed by atoms with Gasteiger partial charge in [-0.3, -0.25) is 14.5 Å². The van der Waals surface area contributed by atoms with Gasteiger partial charge in [0.05, 0.1) is 20.8 Å². The Kier molecular flexibility index (Phi) is 9.89. The molecule has 1 aliphatic rings. The molecule has 0 fully saturated rings. The predicted molar refractivity (Wildman–Crippen MR) is 160 cm³/mol. The second kappa shape index (κ2) is 13.7. The number of halogens is 1. The minimum atomic E-state index is -0.615. The van der Waals surface area contributed by atoms with Crippen LogP contribution in [0.3, 0.4) is 0 Å². The smallest absolute Gasteiger partial charge is 0.271 e. The van der Waals surface area contributed by atoms with Gasteiger partial charge in [0.15, 0.2) is 23.0 Å². The van der Waals surface area contributed by atoms with Gasteiger partial charge in [-0.05, 0) is 73.4 Å². The first-order chi connectivity index (χ1) is 20.3. The van der Waals surface area contributed by atoms with Crippen molar-refractivity contribution in [1.82, 2.24) is 4.90 Å². The van der Waals surface area contributed by atoms with E-state index in [2.05, 4.69) is 0 Å². The summed E-state index contributed by atoms with van der Waals surface area (Å²) in [6, 6.07) is 20.1. The summed E-state index contributed by atoms with van der Waals surface area (Å²) in [6.07, 6.45) is 2.03. The molecule has 3 aromatic carbocycles. The third kappa shape index (κ3) is 6.59. The van der Waals surface area contributed by atoms with Gasteiger partial charge in [-0.15, -0.1) is 0 Å². The normalized spacial score (nSPS) is 14.2. The van der Waals surface area contributed by atoms with Gasteiger partial charge in [-0.1, -0.05) is 41.9 Å². The molecule has 0 saturated carbocycles. The molecule has 0 saturated heterocycles. The van der Waals surface area contributed by atoms with E-state index in [1.54, 1.807) is 56.5 Å². The SMILES string of the molecule is CCOc1cc(/C=C2/C(=O)N(CCc3ccc(OC)c(OC)c3)C(=O)C(C#N)=C2C)ccc1OCc1ccccc1Cl. The molecule has 0 aliphatic carbocycles. The average Bonchev–Trinajstić information content (AvgIpc) is 2.99. The monoisotopic (exact) mass is 586 g/mol. The number of carbonyl (C=O) groups excluding carboxylic acids is 2. The summed E-state index contributed by atoms with van der Waals surface area (Å²) in [5.74, 6) is 1.04. The first kappa shape index (κ1) is 30.2. The van der Waals surface area contributed by atoms with Gasteiger partial charge >= 0.3 is 0 Å². The van der Waals surface area contributed by atoms with Crippen molar-refractivity contribution in [2.24, 2.45) is 0 Å². The first-order valence-corrected chi connectivity index (χ1v) is 13.7. The number of imide groups is 1. The van der Waals surface area contributed by atoms with E-state index < -0.39 is 11.8 Å². The summed E-state index contributed by atoms with van der Waals surface area (Å²) in [7, 11) is 3.09. The highest BCUT2D eigenvalue weighted by molar-refractivity contribution is 6.31. The molecule has 216 valence electrons. The van der Waals surface area contributed by atoms with Gasteiger partial charge < -0.3 is 18.9 Å². The lowest BCUT2D eigenvalue weighted by Gasteiger charge is -2.27. The Hall–Kier alpha value is -4.74. The molecule has 2 amide bonds. The molecular formula is C33H31ClN2O6. The van der Waals surface area contributed by atoms with Crippen LogP contribution in [0.2, 0.25) is 5.02 Å². The minimum absolute atomic E-state index is 0.0714. The summed E-state index contributed by atoms with van der Waals surface area (Å²) < 4.78 is 22.5. The highest BCUT2D eigenvalue weighted by atomic mass is 35.5. The third-order valence-corrected chi connectivity index (χ3v) is 7.19. The van der Waals surface area contributed by atoms with E-state index in [1.807, 2.05) is 37.3 Å². The van der Waals surface area contributed by atoms with E-state index in [0.29, 0.717) is 52.2 Å². The number of hydrogen-bond acceptors (Lipinski definition) is 7. The van der Waals surface area contributed by atoms with E-state index in [1.165, 1.54) is 7.11 Å². The predicted octanol–water partition coefficient (Wildman–Crippen LogP) is 6.17. The molecule has 1 aliphatic heterocycles. The molecule has 4 rings (SSSR count). The van der Waals surface area contributed by atoms with Crippen LogP contribution in [0, 0.1) is 11.3 Å². The zero-order valence-electron chi connectivity index (χ0n) is 23.9. The largest absolute Gasteiger partial charge is 0.493 e. The van der Waals surface area contributed by atoms with Gasteiger partial charge in [0.2, 0.25) is 0 Å². The van der Waals surface area contributed by atoms with Gasteiger partial charge in [-0.25, -0.2) is 0 Å². The average molecular weight is 587 g/mol. The Morgan fingerprint density at radius 3 is 2.33 bits per heavy atom. The lowest BCUT2D eigenvalue weighted by atomic mass is 9.93. The van der Waals surface area contributed by atoms with Crippen LogP contribution >= 0.6 is 11.6 Å². The molecular weight excluding hydrogens is 556 g/mol. The maximum absolute atomic E-state index is 13.6. The Morgan fingerprint density at radius 2 is 1.64 bits per heavy atom. The molecule has 42 heavy (non-hydrogen) atoms. The number of hydrogen-bond donors (Lipinski definition) is 0. The summed E-state index contributed by atoms with van der Waals surface area (Å²) in [6.45, 7) is 4.21. The highest BCUT2D eigenvalue weighted by Crippen LogP contribution is 2.33. The second-order valence-electron chi connectivity index (χ2n) is 9.39. The molecule has 3 aromatic rings. The van der Waals surface area contributed by atoms with Crippen molar-refractivity contribution in [1.29, 1.82) is 5.26 Å². The fraction of sp³-hybridized carbons (Fsp3) is 0.242. The lowest BCUT2D eigenvalue weighted by Crippen LogP contribution is -2.43. The van der Waals surface area contributed by atoms with Crippen molar-refractivity contribution in [2.75, 3.05) is 27.4 Å². The maximum atomic E-state index is 13.6. The van der Waals surface area contributed by atoms with E-state index in [0.717, 1.165) is 16.0 Å². The van der Waals surface area contributed by atoms with Crippen LogP contribution < -0.4 is 18.9 Å². The summed E-state index contributed by atoms with van der Waals surface area (Å²) in [5, 5.41) is 10.4. The Morgan fingerprint density at radius 1 is 0.905 bits per heavy atom. The summed E-state index contributed by atoms with van der Waals surface area (Å²) in [4.78, 5) is 27.8.